The van der Waals surface area contributed by atoms with E-state index in [4.69, 9.17) is 38.7 Å². The molecule has 4 N–H and O–H groups in total. The number of carbonyl (C=O) groups excluding carboxylic acids is 2. The zero-order valence-corrected chi connectivity index (χ0v) is 63.5. The molecule has 552 valence electrons. The summed E-state index contributed by atoms with van der Waals surface area (Å²) in [6, 6.07) is 69.5. The van der Waals surface area contributed by atoms with E-state index in [1.54, 1.807) is 11.3 Å². The third-order valence-electron chi connectivity index (χ3n) is 20.5. The number of carbonyl (C=O) groups is 4. The minimum absolute atomic E-state index is 0.126. The SMILES string of the molecule is CC(=O)O.CC(=O)O.CCCCC(CC)Cn1c2ccc(C(=N)c3cccs3)cc2c2cc(C(=O)c3c(OCCOCCOCCOc4ccc5ccccc5c4C(=O)c4cc5c6cc(C(=N)c7ccccc7C)ccc6n(CC(CC)CCCC)c5c5ccccc45)ccc4ccccc34)c3ccccc3c21. The van der Waals surface area contributed by atoms with Gasteiger partial charge in [-0.1, -0.05) is 218 Å². The number of thiophene rings is 1. The fraction of sp³-hybridized carbons (Fsp3) is 0.269. The molecule has 14 nitrogen and oxygen atoms in total. The van der Waals surface area contributed by atoms with E-state index in [1.807, 2.05) is 121 Å². The Bertz CT molecular complexity index is 5630. The number of benzene rings is 11. The van der Waals surface area contributed by atoms with Crippen LogP contribution < -0.4 is 9.47 Å². The van der Waals surface area contributed by atoms with Gasteiger partial charge in [-0.05, 0) is 129 Å². The zero-order valence-electron chi connectivity index (χ0n) is 62.6. The van der Waals surface area contributed by atoms with Gasteiger partial charge in [0.2, 0.25) is 0 Å². The highest BCUT2D eigenvalue weighted by Crippen LogP contribution is 2.44. The highest BCUT2D eigenvalue weighted by Gasteiger charge is 2.28. The minimum atomic E-state index is -0.833. The molecule has 14 aromatic rings. The molecule has 108 heavy (non-hydrogen) atoms. The Labute approximate surface area is 634 Å². The number of nitrogens with zero attached hydrogens (tertiary/aromatic N) is 2. The molecule has 15 heteroatoms. The Morgan fingerprint density at radius 1 is 0.426 bits per heavy atom. The molecule has 0 aliphatic heterocycles. The summed E-state index contributed by atoms with van der Waals surface area (Å²) in [5, 5.41) is 46.9. The van der Waals surface area contributed by atoms with Crippen molar-refractivity contribution in [2.75, 3.05) is 39.6 Å². The first-order chi connectivity index (χ1) is 52.5. The Hall–Kier alpha value is -11.1. The lowest BCUT2D eigenvalue weighted by atomic mass is 9.91. The third kappa shape index (κ3) is 16.7. The average molecular weight is 1460 g/mol. The summed E-state index contributed by atoms with van der Waals surface area (Å²) in [7, 11) is 0. The molecule has 11 aromatic carbocycles. The Morgan fingerprint density at radius 2 is 0.833 bits per heavy atom. The van der Waals surface area contributed by atoms with Crippen LogP contribution in [0.1, 0.15) is 152 Å². The van der Waals surface area contributed by atoms with Crippen molar-refractivity contribution in [2.45, 2.75) is 113 Å². The van der Waals surface area contributed by atoms with Crippen LogP contribution in [0.2, 0.25) is 0 Å². The van der Waals surface area contributed by atoms with Crippen molar-refractivity contribution in [3.8, 4) is 11.5 Å². The smallest absolute Gasteiger partial charge is 0.300 e. The number of nitrogens with one attached hydrogen (secondary N) is 2. The standard InChI is InChI=1S/C89H86N4O6S.2C2H4O2/c1-6-10-24-58(8-3)55-92-77-40-36-62(84(90)64-28-15-12-23-57(64)5)51-71(77)73-53-75(67-31-18-20-33-69(67)86(73)92)88(94)82-65-29-16-13-26-60(65)38-42-79(82)98-48-46-96-44-45-97-47-49-99-80-43-39-61-27-14-17-30-66(61)83(80)89(95)76-54-74-72-52-63(85(91)81-35-22-50-100-81)37-41-78(72)93(56-59(9-4)25-11-7-2)87(74)70-34-21-19-32-68(70)76;2*1-2(3)4/h12-23,26-43,50-54,58-59,90-91H,6-11,24-25,44-49,55-56H2,1-5H3;2*1H3,(H,3,4). The summed E-state index contributed by atoms with van der Waals surface area (Å²) in [6.45, 7) is 16.5. The normalized spacial score (nSPS) is 12.0. The van der Waals surface area contributed by atoms with Crippen molar-refractivity contribution in [2.24, 2.45) is 11.8 Å². The van der Waals surface area contributed by atoms with Crippen LogP contribution in [0, 0.1) is 29.6 Å². The lowest BCUT2D eigenvalue weighted by Gasteiger charge is -2.19. The summed E-state index contributed by atoms with van der Waals surface area (Å²) in [4.78, 5) is 50.4. The Balaban J connectivity index is 0.00000130. The van der Waals surface area contributed by atoms with Crippen molar-refractivity contribution in [3.05, 3.63) is 261 Å². The summed E-state index contributed by atoms with van der Waals surface area (Å²) in [5.74, 6) is -0.00614. The van der Waals surface area contributed by atoms with Gasteiger partial charge in [0.1, 0.15) is 24.7 Å². The lowest BCUT2D eigenvalue weighted by molar-refractivity contribution is -0.135. The number of ketones is 2. The van der Waals surface area contributed by atoms with Crippen LogP contribution in [0.15, 0.2) is 212 Å². The van der Waals surface area contributed by atoms with Gasteiger partial charge in [-0.3, -0.25) is 30.0 Å². The maximum absolute atomic E-state index is 15.8. The Morgan fingerprint density at radius 3 is 1.26 bits per heavy atom. The highest BCUT2D eigenvalue weighted by atomic mass is 32.1. The van der Waals surface area contributed by atoms with E-state index in [2.05, 4.69) is 135 Å². The third-order valence-corrected chi connectivity index (χ3v) is 21.4. The van der Waals surface area contributed by atoms with Gasteiger partial charge in [-0.2, -0.15) is 0 Å². The largest absolute Gasteiger partial charge is 0.490 e. The number of hydrogen-bond acceptors (Lipinski definition) is 11. The molecular weight excluding hydrogens is 1370 g/mol. The molecule has 0 aliphatic carbocycles. The molecule has 2 atom stereocenters. The molecule has 0 fully saturated rings. The van der Waals surface area contributed by atoms with E-state index < -0.39 is 11.9 Å². The quantitative estimate of drug-likeness (QED) is 0.0184. The van der Waals surface area contributed by atoms with Crippen molar-refractivity contribution >= 4 is 133 Å². The number of aromatic nitrogens is 2. The Kier molecular flexibility index (Phi) is 25.2. The molecule has 0 aliphatic rings. The van der Waals surface area contributed by atoms with Gasteiger partial charge in [0, 0.05) is 98.1 Å². The van der Waals surface area contributed by atoms with Gasteiger partial charge < -0.3 is 38.3 Å². The number of carboxylic acid groups (broad SMARTS) is 2. The van der Waals surface area contributed by atoms with E-state index in [9.17, 15) is 10.8 Å². The predicted octanol–water partition coefficient (Wildman–Crippen LogP) is 22.3. The van der Waals surface area contributed by atoms with Crippen molar-refractivity contribution in [1.29, 1.82) is 10.8 Å². The number of rotatable bonds is 31. The number of aliphatic carboxylic acids is 2. The topological polar surface area (TPSA) is 203 Å². The number of aryl methyl sites for hydroxylation is 1. The first-order valence-corrected chi connectivity index (χ1v) is 38.6. The zero-order chi connectivity index (χ0) is 76.0. The fourth-order valence-electron chi connectivity index (χ4n) is 15.1. The second-order valence-corrected chi connectivity index (χ2v) is 28.7. The summed E-state index contributed by atoms with van der Waals surface area (Å²) < 4.78 is 30.4. The van der Waals surface area contributed by atoms with Crippen molar-refractivity contribution in [3.63, 3.8) is 0 Å². The summed E-state index contributed by atoms with van der Waals surface area (Å²) in [5.41, 5.74) is 11.2. The number of carboxylic acids is 2. The molecular formula is C93H94N4O10S. The van der Waals surface area contributed by atoms with Crippen LogP contribution in [0.3, 0.4) is 0 Å². The van der Waals surface area contributed by atoms with Crippen molar-refractivity contribution in [1.82, 2.24) is 9.13 Å². The second-order valence-electron chi connectivity index (χ2n) is 27.7. The van der Waals surface area contributed by atoms with Gasteiger partial charge in [0.25, 0.3) is 11.9 Å². The van der Waals surface area contributed by atoms with Gasteiger partial charge in [-0.25, -0.2) is 0 Å². The maximum atomic E-state index is 15.8. The van der Waals surface area contributed by atoms with Crippen LogP contribution >= 0.6 is 11.3 Å². The minimum Gasteiger partial charge on any atom is -0.490 e. The number of unbranched alkanes of at least 4 members (excludes halogenated alkanes) is 2. The van der Waals surface area contributed by atoms with Crippen LogP contribution in [0.25, 0.3) is 86.7 Å². The van der Waals surface area contributed by atoms with E-state index in [0.29, 0.717) is 70.2 Å². The van der Waals surface area contributed by atoms with Gasteiger partial charge in [0.05, 0.1) is 64.9 Å². The summed E-state index contributed by atoms with van der Waals surface area (Å²) >= 11 is 1.57. The predicted molar refractivity (Wildman–Crippen MR) is 442 cm³/mol. The number of fused-ring (bicyclic) bond motifs is 12. The molecule has 14 rings (SSSR count). The summed E-state index contributed by atoms with van der Waals surface area (Å²) in [6.07, 6.45) is 9.02. The fourth-order valence-corrected chi connectivity index (χ4v) is 15.8. The molecule has 3 aromatic heterocycles. The second kappa shape index (κ2) is 35.5. The van der Waals surface area contributed by atoms with Crippen LogP contribution in [-0.4, -0.2) is 93.9 Å². The molecule has 0 spiro atoms. The molecule has 0 radical (unpaired) electrons. The highest BCUT2D eigenvalue weighted by molar-refractivity contribution is 7.12. The molecule has 0 bridgehead atoms. The molecule has 2 unspecified atom stereocenters. The van der Waals surface area contributed by atoms with E-state index in [0.717, 1.165) is 179 Å². The average Bonchev–Trinajstić information content (AvgIpc) is 1.54. The van der Waals surface area contributed by atoms with Crippen LogP contribution in [0.4, 0.5) is 0 Å². The van der Waals surface area contributed by atoms with E-state index in [-0.39, 0.29) is 38.0 Å². The monoisotopic (exact) mass is 1460 g/mol. The first kappa shape index (κ1) is 76.5. The lowest BCUT2D eigenvalue weighted by Crippen LogP contribution is -2.15. The van der Waals surface area contributed by atoms with Crippen LogP contribution in [0.5, 0.6) is 11.5 Å². The van der Waals surface area contributed by atoms with Crippen molar-refractivity contribution < 1.29 is 48.3 Å². The van der Waals surface area contributed by atoms with Crippen LogP contribution in [-0.2, 0) is 32.2 Å². The molecule has 3 heterocycles. The van der Waals surface area contributed by atoms with Gasteiger partial charge >= 0.3 is 0 Å². The maximum Gasteiger partial charge on any atom is 0.300 e. The number of hydrogen-bond donors (Lipinski definition) is 4. The van der Waals surface area contributed by atoms with E-state index >= 15 is 9.59 Å². The molecule has 0 saturated heterocycles. The van der Waals surface area contributed by atoms with Gasteiger partial charge in [-0.15, -0.1) is 11.3 Å². The number of ether oxygens (including phenoxy) is 4. The van der Waals surface area contributed by atoms with E-state index in [1.165, 1.54) is 12.8 Å². The molecule has 0 amide bonds. The first-order valence-electron chi connectivity index (χ1n) is 37.7. The van der Waals surface area contributed by atoms with Gasteiger partial charge in [0.15, 0.2) is 11.6 Å². The molecule has 0 saturated carbocycles.